The van der Waals surface area contributed by atoms with Crippen LogP contribution in [0.15, 0.2) is 23.4 Å². The largest absolute Gasteiger partial charge is 0.395 e. The van der Waals surface area contributed by atoms with Gasteiger partial charge in [-0.3, -0.25) is 0 Å². The van der Waals surface area contributed by atoms with Gasteiger partial charge in [-0.15, -0.1) is 0 Å². The molecular weight excluding hydrogens is 162 g/mol. The van der Waals surface area contributed by atoms with Crippen LogP contribution in [0.2, 0.25) is 0 Å². The highest BCUT2D eigenvalue weighted by atomic mass is 16.6. The number of hydrogen-bond acceptors (Lipinski definition) is 2. The van der Waals surface area contributed by atoms with Crippen LogP contribution in [0, 0.1) is 13.8 Å². The van der Waals surface area contributed by atoms with E-state index < -0.39 is 0 Å². The minimum absolute atomic E-state index is 0.725. The fourth-order valence-electron chi connectivity index (χ4n) is 1.75. The molecule has 2 rings (SSSR count). The van der Waals surface area contributed by atoms with E-state index in [4.69, 9.17) is 4.84 Å². The second kappa shape index (κ2) is 3.21. The molecule has 1 aromatic rings. The molecule has 0 radical (unpaired) electrons. The lowest BCUT2D eigenvalue weighted by Crippen LogP contribution is -2.02. The van der Waals surface area contributed by atoms with Crippen LogP contribution in [0.3, 0.4) is 0 Å². The second-order valence-electron chi connectivity index (χ2n) is 3.39. The van der Waals surface area contributed by atoms with Gasteiger partial charge in [0.15, 0.2) is 0 Å². The molecule has 0 aliphatic carbocycles. The van der Waals surface area contributed by atoms with E-state index in [0.29, 0.717) is 0 Å². The molecule has 0 amide bonds. The molecule has 0 N–H and O–H groups in total. The van der Waals surface area contributed by atoms with Crippen molar-refractivity contribution >= 4 is 5.71 Å². The van der Waals surface area contributed by atoms with Gasteiger partial charge in [0.25, 0.3) is 0 Å². The molecule has 0 atom stereocenters. The van der Waals surface area contributed by atoms with E-state index in [1.165, 1.54) is 16.7 Å². The topological polar surface area (TPSA) is 21.6 Å². The second-order valence-corrected chi connectivity index (χ2v) is 3.39. The molecule has 1 aliphatic heterocycles. The first-order valence-corrected chi connectivity index (χ1v) is 4.54. The maximum absolute atomic E-state index is 5.01. The van der Waals surface area contributed by atoms with Gasteiger partial charge in [0.1, 0.15) is 6.61 Å². The highest BCUT2D eigenvalue weighted by molar-refractivity contribution is 6.03. The Labute approximate surface area is 78.2 Å². The van der Waals surface area contributed by atoms with Gasteiger partial charge in [-0.2, -0.15) is 0 Å². The summed E-state index contributed by atoms with van der Waals surface area (Å²) in [6.45, 7) is 4.95. The average Bonchev–Trinajstić information content (AvgIpc) is 2.57. The molecule has 0 aromatic heterocycles. The van der Waals surface area contributed by atoms with E-state index in [-0.39, 0.29) is 0 Å². The molecule has 13 heavy (non-hydrogen) atoms. The summed E-state index contributed by atoms with van der Waals surface area (Å²) in [6.07, 6.45) is 0.936. The number of rotatable bonds is 1. The Hall–Kier alpha value is -1.31. The van der Waals surface area contributed by atoms with E-state index >= 15 is 0 Å². The third-order valence-electron chi connectivity index (χ3n) is 2.37. The van der Waals surface area contributed by atoms with Gasteiger partial charge in [0, 0.05) is 12.0 Å². The zero-order valence-corrected chi connectivity index (χ0v) is 8.00. The molecule has 0 unspecified atom stereocenters. The van der Waals surface area contributed by atoms with Crippen LogP contribution < -0.4 is 0 Å². The van der Waals surface area contributed by atoms with Crippen molar-refractivity contribution in [2.24, 2.45) is 5.16 Å². The SMILES string of the molecule is Cc1cccc(C)c1C1=NOCC1. The lowest BCUT2D eigenvalue weighted by molar-refractivity contribution is 0.174. The average molecular weight is 175 g/mol. The van der Waals surface area contributed by atoms with Crippen LogP contribution in [0.4, 0.5) is 0 Å². The van der Waals surface area contributed by atoms with Gasteiger partial charge in [0.05, 0.1) is 5.71 Å². The van der Waals surface area contributed by atoms with Crippen LogP contribution in [0.25, 0.3) is 0 Å². The fourth-order valence-corrected chi connectivity index (χ4v) is 1.75. The Morgan fingerprint density at radius 2 is 1.92 bits per heavy atom. The highest BCUT2D eigenvalue weighted by Crippen LogP contribution is 2.18. The van der Waals surface area contributed by atoms with E-state index in [0.717, 1.165) is 18.7 Å². The summed E-state index contributed by atoms with van der Waals surface area (Å²) in [5.41, 5.74) is 4.92. The van der Waals surface area contributed by atoms with Gasteiger partial charge in [-0.1, -0.05) is 23.4 Å². The third-order valence-corrected chi connectivity index (χ3v) is 2.37. The lowest BCUT2D eigenvalue weighted by atomic mass is 9.97. The van der Waals surface area contributed by atoms with Gasteiger partial charge in [0.2, 0.25) is 0 Å². The van der Waals surface area contributed by atoms with Crippen molar-refractivity contribution in [1.29, 1.82) is 0 Å². The molecular formula is C11H13NO. The van der Waals surface area contributed by atoms with Crippen LogP contribution in [0.5, 0.6) is 0 Å². The molecule has 0 bridgehead atoms. The summed E-state index contributed by atoms with van der Waals surface area (Å²) in [6, 6.07) is 6.30. The van der Waals surface area contributed by atoms with Gasteiger partial charge < -0.3 is 4.84 Å². The van der Waals surface area contributed by atoms with Crippen molar-refractivity contribution in [1.82, 2.24) is 0 Å². The molecule has 1 heterocycles. The zero-order valence-electron chi connectivity index (χ0n) is 8.00. The minimum atomic E-state index is 0.725. The van der Waals surface area contributed by atoms with Gasteiger partial charge >= 0.3 is 0 Å². The predicted molar refractivity (Wildman–Crippen MR) is 53.0 cm³/mol. The zero-order chi connectivity index (χ0) is 9.26. The maximum atomic E-state index is 5.01. The molecule has 1 aromatic carbocycles. The first kappa shape index (κ1) is 8.30. The molecule has 68 valence electrons. The smallest absolute Gasteiger partial charge is 0.122 e. The normalized spacial score (nSPS) is 15.4. The first-order valence-electron chi connectivity index (χ1n) is 4.54. The summed E-state index contributed by atoms with van der Waals surface area (Å²) < 4.78 is 0. The first-order chi connectivity index (χ1) is 6.29. The van der Waals surface area contributed by atoms with E-state index in [2.05, 4.69) is 37.2 Å². The standard InChI is InChI=1S/C11H13NO/c1-8-4-3-5-9(2)11(8)10-6-7-13-12-10/h3-5H,6-7H2,1-2H3. The Kier molecular flexibility index (Phi) is 2.05. The van der Waals surface area contributed by atoms with E-state index in [9.17, 15) is 0 Å². The van der Waals surface area contributed by atoms with E-state index in [1.807, 2.05) is 0 Å². The summed E-state index contributed by atoms with van der Waals surface area (Å²) in [5.74, 6) is 0. The summed E-state index contributed by atoms with van der Waals surface area (Å²) in [5, 5.41) is 4.04. The van der Waals surface area contributed by atoms with E-state index in [1.54, 1.807) is 0 Å². The molecule has 0 spiro atoms. The molecule has 0 fully saturated rings. The third kappa shape index (κ3) is 1.44. The van der Waals surface area contributed by atoms with Gasteiger partial charge in [-0.25, -0.2) is 0 Å². The van der Waals surface area contributed by atoms with Crippen molar-refractivity contribution < 1.29 is 4.84 Å². The minimum Gasteiger partial charge on any atom is -0.395 e. The Morgan fingerprint density at radius 1 is 1.23 bits per heavy atom. The van der Waals surface area contributed by atoms with Crippen LogP contribution in [-0.2, 0) is 4.84 Å². The Bertz CT molecular complexity index is 335. The monoisotopic (exact) mass is 175 g/mol. The summed E-state index contributed by atoms with van der Waals surface area (Å²) in [4.78, 5) is 5.01. The Balaban J connectivity index is 2.49. The summed E-state index contributed by atoms with van der Waals surface area (Å²) >= 11 is 0. The van der Waals surface area contributed by atoms with Crippen LogP contribution in [0.1, 0.15) is 23.1 Å². The number of aryl methyl sites for hydroxylation is 2. The lowest BCUT2D eigenvalue weighted by Gasteiger charge is -2.06. The predicted octanol–water partition coefficient (Wildman–Crippen LogP) is 2.43. The number of nitrogens with zero attached hydrogens (tertiary/aromatic N) is 1. The number of benzene rings is 1. The van der Waals surface area contributed by atoms with Crippen molar-refractivity contribution in [3.63, 3.8) is 0 Å². The number of hydrogen-bond donors (Lipinski definition) is 0. The molecule has 0 saturated heterocycles. The van der Waals surface area contributed by atoms with Crippen LogP contribution in [-0.4, -0.2) is 12.3 Å². The molecule has 2 heteroatoms. The van der Waals surface area contributed by atoms with Crippen LogP contribution >= 0.6 is 0 Å². The van der Waals surface area contributed by atoms with Gasteiger partial charge in [-0.05, 0) is 25.0 Å². The molecule has 0 saturated carbocycles. The maximum Gasteiger partial charge on any atom is 0.122 e. The molecule has 1 aliphatic rings. The van der Waals surface area contributed by atoms with Crippen molar-refractivity contribution in [2.45, 2.75) is 20.3 Å². The Morgan fingerprint density at radius 3 is 2.46 bits per heavy atom. The highest BCUT2D eigenvalue weighted by Gasteiger charge is 2.14. The fraction of sp³-hybridized carbons (Fsp3) is 0.364. The molecule has 2 nitrogen and oxygen atoms in total. The van der Waals surface area contributed by atoms with Crippen molar-refractivity contribution in [2.75, 3.05) is 6.61 Å². The number of oxime groups is 1. The van der Waals surface area contributed by atoms with Crippen molar-refractivity contribution in [3.8, 4) is 0 Å². The quantitative estimate of drug-likeness (QED) is 0.642. The summed E-state index contributed by atoms with van der Waals surface area (Å²) in [7, 11) is 0. The van der Waals surface area contributed by atoms with Crippen molar-refractivity contribution in [3.05, 3.63) is 34.9 Å².